The van der Waals surface area contributed by atoms with Crippen LogP contribution in [0.25, 0.3) is 0 Å². The number of nitro groups is 1. The van der Waals surface area contributed by atoms with E-state index in [0.717, 1.165) is 17.7 Å². The molecule has 1 aliphatic rings. The van der Waals surface area contributed by atoms with Gasteiger partial charge in [-0.2, -0.15) is 0 Å². The predicted molar refractivity (Wildman–Crippen MR) is 109 cm³/mol. The van der Waals surface area contributed by atoms with E-state index in [0.29, 0.717) is 38.5 Å². The third kappa shape index (κ3) is 5.20. The largest absolute Gasteiger partial charge is 0.381 e. The number of aryl methyl sites for hydroxylation is 1. The second-order valence-corrected chi connectivity index (χ2v) is 6.83. The highest BCUT2D eigenvalue weighted by atomic mass is 16.6. The van der Waals surface area contributed by atoms with Crippen LogP contribution in [0.4, 0.5) is 17.1 Å². The minimum absolute atomic E-state index is 0.158. The van der Waals surface area contributed by atoms with Gasteiger partial charge in [0.1, 0.15) is 5.69 Å². The molecule has 144 valence electrons. The SMILES string of the molecule is CCCCc1ccc(NCc2ccc(N3CCOCC3)c([N+](=O)[O-])c2)cc1. The van der Waals surface area contributed by atoms with Crippen LogP contribution in [0.1, 0.15) is 30.9 Å². The van der Waals surface area contributed by atoms with Crippen molar-refractivity contribution < 1.29 is 9.66 Å². The van der Waals surface area contributed by atoms with Crippen molar-refractivity contribution in [3.63, 3.8) is 0 Å². The fourth-order valence-electron chi connectivity index (χ4n) is 3.27. The number of hydrogen-bond acceptors (Lipinski definition) is 5. The standard InChI is InChI=1S/C21H27N3O3/c1-2-3-4-17-5-8-19(9-6-17)22-16-18-7-10-20(21(15-18)24(25)26)23-11-13-27-14-12-23/h5-10,15,22H,2-4,11-14,16H2,1H3. The van der Waals surface area contributed by atoms with Crippen LogP contribution in [-0.2, 0) is 17.7 Å². The number of nitrogens with zero attached hydrogens (tertiary/aromatic N) is 2. The summed E-state index contributed by atoms with van der Waals surface area (Å²) in [7, 11) is 0. The van der Waals surface area contributed by atoms with Gasteiger partial charge >= 0.3 is 0 Å². The Bertz CT molecular complexity index is 756. The zero-order valence-corrected chi connectivity index (χ0v) is 15.8. The van der Waals surface area contributed by atoms with E-state index >= 15 is 0 Å². The lowest BCUT2D eigenvalue weighted by molar-refractivity contribution is -0.384. The Morgan fingerprint density at radius 1 is 1.11 bits per heavy atom. The Hall–Kier alpha value is -2.60. The summed E-state index contributed by atoms with van der Waals surface area (Å²) >= 11 is 0. The normalized spacial score (nSPS) is 14.2. The van der Waals surface area contributed by atoms with Crippen molar-refractivity contribution in [2.45, 2.75) is 32.7 Å². The van der Waals surface area contributed by atoms with E-state index < -0.39 is 0 Å². The lowest BCUT2D eigenvalue weighted by Gasteiger charge is -2.28. The van der Waals surface area contributed by atoms with E-state index in [4.69, 9.17) is 4.74 Å². The lowest BCUT2D eigenvalue weighted by Crippen LogP contribution is -2.36. The number of morpholine rings is 1. The molecular formula is C21H27N3O3. The van der Waals surface area contributed by atoms with Gasteiger partial charge in [0, 0.05) is 31.4 Å². The first kappa shape index (κ1) is 19.2. The molecule has 0 radical (unpaired) electrons. The van der Waals surface area contributed by atoms with Gasteiger partial charge in [0.25, 0.3) is 5.69 Å². The topological polar surface area (TPSA) is 67.6 Å². The van der Waals surface area contributed by atoms with Crippen molar-refractivity contribution in [1.82, 2.24) is 0 Å². The fourth-order valence-corrected chi connectivity index (χ4v) is 3.27. The van der Waals surface area contributed by atoms with Crippen LogP contribution in [-0.4, -0.2) is 31.2 Å². The van der Waals surface area contributed by atoms with Gasteiger partial charge in [-0.05, 0) is 42.2 Å². The molecule has 6 nitrogen and oxygen atoms in total. The number of unbranched alkanes of at least 4 members (excludes halogenated alkanes) is 1. The molecule has 2 aromatic rings. The Balaban J connectivity index is 1.66. The van der Waals surface area contributed by atoms with E-state index in [1.165, 1.54) is 18.4 Å². The van der Waals surface area contributed by atoms with Gasteiger partial charge in [-0.15, -0.1) is 0 Å². The second-order valence-electron chi connectivity index (χ2n) is 6.83. The smallest absolute Gasteiger partial charge is 0.292 e. The molecule has 0 unspecified atom stereocenters. The van der Waals surface area contributed by atoms with Gasteiger partial charge in [0.2, 0.25) is 0 Å². The lowest BCUT2D eigenvalue weighted by atomic mass is 10.1. The van der Waals surface area contributed by atoms with Gasteiger partial charge in [-0.25, -0.2) is 0 Å². The van der Waals surface area contributed by atoms with Gasteiger partial charge in [-0.1, -0.05) is 31.5 Å². The summed E-state index contributed by atoms with van der Waals surface area (Å²) in [5.41, 5.74) is 4.09. The fraction of sp³-hybridized carbons (Fsp3) is 0.429. The van der Waals surface area contributed by atoms with Crippen LogP contribution in [0.15, 0.2) is 42.5 Å². The number of ether oxygens (including phenoxy) is 1. The van der Waals surface area contributed by atoms with E-state index in [2.05, 4.69) is 36.5 Å². The molecular weight excluding hydrogens is 342 g/mol. The molecule has 0 spiro atoms. The molecule has 27 heavy (non-hydrogen) atoms. The summed E-state index contributed by atoms with van der Waals surface area (Å²) in [5, 5.41) is 14.9. The third-order valence-corrected chi connectivity index (χ3v) is 4.86. The third-order valence-electron chi connectivity index (χ3n) is 4.86. The maximum atomic E-state index is 11.5. The molecule has 3 rings (SSSR count). The molecule has 0 bridgehead atoms. The van der Waals surface area contributed by atoms with Gasteiger partial charge in [0.15, 0.2) is 0 Å². The molecule has 0 aromatic heterocycles. The number of anilines is 2. The number of nitro benzene ring substituents is 1. The number of rotatable bonds is 8. The zero-order chi connectivity index (χ0) is 19.1. The summed E-state index contributed by atoms with van der Waals surface area (Å²) in [6.45, 7) is 5.33. The summed E-state index contributed by atoms with van der Waals surface area (Å²) in [5.74, 6) is 0. The van der Waals surface area contributed by atoms with Crippen molar-refractivity contribution in [2.75, 3.05) is 36.5 Å². The van der Waals surface area contributed by atoms with E-state index in [1.54, 1.807) is 6.07 Å². The first-order valence-corrected chi connectivity index (χ1v) is 9.60. The first-order chi connectivity index (χ1) is 13.2. The maximum absolute atomic E-state index is 11.5. The average Bonchev–Trinajstić information content (AvgIpc) is 2.72. The van der Waals surface area contributed by atoms with Crippen molar-refractivity contribution in [3.8, 4) is 0 Å². The number of benzene rings is 2. The van der Waals surface area contributed by atoms with Crippen molar-refractivity contribution in [2.24, 2.45) is 0 Å². The van der Waals surface area contributed by atoms with Gasteiger partial charge < -0.3 is 15.0 Å². The molecule has 1 heterocycles. The minimum atomic E-state index is -0.295. The number of nitrogens with one attached hydrogen (secondary N) is 1. The van der Waals surface area contributed by atoms with Crippen LogP contribution in [0.2, 0.25) is 0 Å². The predicted octanol–water partition coefficient (Wildman–Crippen LogP) is 4.39. The highest BCUT2D eigenvalue weighted by Crippen LogP contribution is 2.30. The Morgan fingerprint density at radius 3 is 2.48 bits per heavy atom. The summed E-state index contributed by atoms with van der Waals surface area (Å²) in [6, 6.07) is 13.9. The first-order valence-electron chi connectivity index (χ1n) is 9.60. The highest BCUT2D eigenvalue weighted by molar-refractivity contribution is 5.65. The van der Waals surface area contributed by atoms with Crippen LogP contribution in [0.3, 0.4) is 0 Å². The molecule has 0 aliphatic carbocycles. The molecule has 0 saturated carbocycles. The highest BCUT2D eigenvalue weighted by Gasteiger charge is 2.21. The van der Waals surface area contributed by atoms with Gasteiger partial charge in [-0.3, -0.25) is 10.1 Å². The summed E-state index contributed by atoms with van der Waals surface area (Å²) in [4.78, 5) is 13.3. The summed E-state index contributed by atoms with van der Waals surface area (Å²) < 4.78 is 5.34. The molecule has 0 atom stereocenters. The van der Waals surface area contributed by atoms with Crippen LogP contribution >= 0.6 is 0 Å². The zero-order valence-electron chi connectivity index (χ0n) is 15.8. The molecule has 2 aromatic carbocycles. The molecule has 0 amide bonds. The maximum Gasteiger partial charge on any atom is 0.292 e. The van der Waals surface area contributed by atoms with E-state index in [1.807, 2.05) is 17.0 Å². The Kier molecular flexibility index (Phi) is 6.65. The van der Waals surface area contributed by atoms with Crippen molar-refractivity contribution >= 4 is 17.1 Å². The van der Waals surface area contributed by atoms with E-state index in [-0.39, 0.29) is 10.6 Å². The monoisotopic (exact) mass is 369 g/mol. The second kappa shape index (κ2) is 9.37. The molecule has 6 heteroatoms. The van der Waals surface area contributed by atoms with Crippen LogP contribution < -0.4 is 10.2 Å². The van der Waals surface area contributed by atoms with Crippen LogP contribution in [0.5, 0.6) is 0 Å². The molecule has 1 aliphatic heterocycles. The average molecular weight is 369 g/mol. The van der Waals surface area contributed by atoms with Gasteiger partial charge in [0.05, 0.1) is 18.1 Å². The van der Waals surface area contributed by atoms with Crippen LogP contribution in [0, 0.1) is 10.1 Å². The number of hydrogen-bond donors (Lipinski definition) is 1. The van der Waals surface area contributed by atoms with Crippen molar-refractivity contribution in [3.05, 3.63) is 63.7 Å². The Labute approximate surface area is 160 Å². The minimum Gasteiger partial charge on any atom is -0.381 e. The quantitative estimate of drug-likeness (QED) is 0.552. The van der Waals surface area contributed by atoms with Crippen molar-refractivity contribution in [1.29, 1.82) is 0 Å². The molecule has 1 N–H and O–H groups in total. The van der Waals surface area contributed by atoms with E-state index in [9.17, 15) is 10.1 Å². The molecule has 1 saturated heterocycles. The summed E-state index contributed by atoms with van der Waals surface area (Å²) in [6.07, 6.45) is 3.50. The Morgan fingerprint density at radius 2 is 1.81 bits per heavy atom. The molecule has 1 fully saturated rings.